The zero-order chi connectivity index (χ0) is 57.7. The number of carbonyl (C=O) groups excluding carboxylic acids is 4. The number of carbonyl (C=O) groups is 4. The van der Waals surface area contributed by atoms with Crippen LogP contribution in [0.5, 0.6) is 0 Å². The van der Waals surface area contributed by atoms with Crippen LogP contribution >= 0.6 is 0 Å². The van der Waals surface area contributed by atoms with Gasteiger partial charge in [-0.15, -0.1) is 0 Å². The van der Waals surface area contributed by atoms with Crippen molar-refractivity contribution in [1.82, 2.24) is 0 Å². The van der Waals surface area contributed by atoms with E-state index in [1.807, 2.05) is 78.9 Å². The average Bonchev–Trinajstić information content (AvgIpc) is 3.29. The molecule has 0 bridgehead atoms. The molecule has 0 saturated carbocycles. The lowest BCUT2D eigenvalue weighted by atomic mass is 10.0. The highest BCUT2D eigenvalue weighted by Gasteiger charge is 2.42. The monoisotopic (exact) mass is 1120 g/mol. The molecule has 6 rings (SSSR count). The number of hydrogen-bond donors (Lipinski definition) is 8. The Hall–Kier alpha value is -7.58. The first-order chi connectivity index (χ1) is 33.7. The molecule has 0 heterocycles. The maximum Gasteiger partial charge on any atom is 0.511 e. The van der Waals surface area contributed by atoms with Crippen LogP contribution in [0.4, 0.5) is 26.3 Å². The van der Waals surface area contributed by atoms with E-state index < -0.39 is 63.6 Å². The minimum absolute atomic E-state index is 0.132. The van der Waals surface area contributed by atoms with Gasteiger partial charge in [0.25, 0.3) is 0 Å². The van der Waals surface area contributed by atoms with E-state index in [1.165, 1.54) is 31.2 Å². The molecule has 6 aromatic carbocycles. The Labute approximate surface area is 422 Å². The van der Waals surface area contributed by atoms with Gasteiger partial charge in [0.2, 0.25) is 47.8 Å². The third-order valence-electron chi connectivity index (χ3n) is 7.30. The Morgan fingerprint density at radius 2 is 0.595 bits per heavy atom. The first kappa shape index (κ1) is 68.5. The molecule has 0 radical (unpaired) electrons. The summed E-state index contributed by atoms with van der Waals surface area (Å²) in [6.07, 6.45) is -3.92. The van der Waals surface area contributed by atoms with Crippen LogP contribution in [0.25, 0.3) is 22.3 Å². The van der Waals surface area contributed by atoms with Gasteiger partial charge in [-0.1, -0.05) is 121 Å². The highest BCUT2D eigenvalue weighted by atomic mass is 32.2. The van der Waals surface area contributed by atoms with Gasteiger partial charge >= 0.3 is 27.6 Å². The van der Waals surface area contributed by atoms with Crippen LogP contribution < -0.4 is 43.5 Å². The Kier molecular flexibility index (Phi) is 29.4. The van der Waals surface area contributed by atoms with E-state index in [-0.39, 0.29) is 21.6 Å². The molecule has 0 spiro atoms. The first-order valence-electron chi connectivity index (χ1n) is 19.4. The number of sulfonamides is 4. The van der Waals surface area contributed by atoms with Gasteiger partial charge in [-0.2, -0.15) is 26.3 Å². The largest absolute Gasteiger partial charge is 0.511 e. The normalized spacial score (nSPS) is 10.8. The van der Waals surface area contributed by atoms with Crippen molar-refractivity contribution in [1.29, 1.82) is 0 Å². The van der Waals surface area contributed by atoms with Crippen molar-refractivity contribution < 1.29 is 79.2 Å². The van der Waals surface area contributed by atoms with Crippen LogP contribution in [-0.4, -0.2) is 75.2 Å². The lowest BCUT2D eigenvalue weighted by Crippen LogP contribution is -2.30. The summed E-state index contributed by atoms with van der Waals surface area (Å²) in [6, 6.07) is 50.2. The van der Waals surface area contributed by atoms with Gasteiger partial charge < -0.3 is 22.9 Å². The fourth-order valence-electron chi connectivity index (χ4n) is 4.14. The molecular weight excluding hydrogens is 1070 g/mol. The molecule has 0 aromatic heterocycles. The van der Waals surface area contributed by atoms with Gasteiger partial charge in [0.05, 0.1) is 16.0 Å². The third kappa shape index (κ3) is 33.9. The van der Waals surface area contributed by atoms with Crippen LogP contribution in [0.15, 0.2) is 180 Å². The van der Waals surface area contributed by atoms with E-state index >= 15 is 0 Å². The number of benzene rings is 6. The van der Waals surface area contributed by atoms with E-state index in [2.05, 4.69) is 21.7 Å². The van der Waals surface area contributed by atoms with Crippen molar-refractivity contribution in [3.8, 4) is 22.3 Å². The van der Waals surface area contributed by atoms with Crippen LogP contribution in [0.1, 0.15) is 27.6 Å². The van der Waals surface area contributed by atoms with E-state index in [0.29, 0.717) is 11.1 Å². The quantitative estimate of drug-likeness (QED) is 0.110. The number of halogens is 6. The summed E-state index contributed by atoms with van der Waals surface area (Å²) in [4.78, 5) is 39.9. The number of hydrogen-bond acceptors (Lipinski definition) is 12. The number of nitrogens with two attached hydrogens (primary N) is 8. The molecule has 0 unspecified atom stereocenters. The standard InChI is InChI=1S/C13H11NO.C12H11NO2S.C7H7NO.C6H7NO2S.C2H2F3NO.C2H5NO.CH2F3NO2S.CH5NO2S/c14-13(15)12-8-6-11(7-9-12)10-4-2-1-3-5-10;13-16(14,15)12-8-6-11(7-9-12)10-4-2-1-3-5-10;8-7(9)6-4-2-1-3-5-6;7-10(8,9)6-4-2-1-3-5-6;3-2(4,5)1(6)7;1-2(3)4;2-1(3,4)8(5,6)7;1-5(2,3)4/h1-9H,(H2,14,15);1-9H,(H2,13,14,15);1-5H,(H2,8,9);1-5H,(H2,7,8,9);(H2,6,7);1H3,(H2,3,4);(H2,5,6,7);1H3,(H2,2,3,4). The fraction of sp³-hybridized carbons (Fsp3) is 0.0909. The average molecular weight is 1130 g/mol. The Bertz CT molecular complexity index is 3120. The van der Waals surface area contributed by atoms with Crippen molar-refractivity contribution in [3.63, 3.8) is 0 Å². The summed E-state index contributed by atoms with van der Waals surface area (Å²) in [6.45, 7) is 1.31. The summed E-state index contributed by atoms with van der Waals surface area (Å²) in [5.41, 5.74) is 18.4. The van der Waals surface area contributed by atoms with Crippen molar-refractivity contribution in [3.05, 3.63) is 181 Å². The van der Waals surface area contributed by atoms with Gasteiger partial charge in [-0.3, -0.25) is 19.2 Å². The highest BCUT2D eigenvalue weighted by Crippen LogP contribution is 2.21. The molecule has 0 saturated heterocycles. The summed E-state index contributed by atoms with van der Waals surface area (Å²) in [5, 5.41) is 17.8. The summed E-state index contributed by atoms with van der Waals surface area (Å²) in [7, 11) is -15.6. The van der Waals surface area contributed by atoms with Crippen LogP contribution in [0.2, 0.25) is 0 Å². The van der Waals surface area contributed by atoms with Crippen molar-refractivity contribution in [2.45, 2.75) is 28.4 Å². The second-order valence-electron chi connectivity index (χ2n) is 13.6. The van der Waals surface area contributed by atoms with Gasteiger partial charge in [0.15, 0.2) is 0 Å². The molecular formula is C44H50F6N8O12S4. The van der Waals surface area contributed by atoms with Gasteiger partial charge in [-0.25, -0.2) is 54.2 Å². The number of primary amides is 4. The van der Waals surface area contributed by atoms with Crippen molar-refractivity contribution >= 4 is 63.7 Å². The Morgan fingerprint density at radius 3 is 0.797 bits per heavy atom. The molecule has 0 aliphatic heterocycles. The lowest BCUT2D eigenvalue weighted by molar-refractivity contribution is -0.169. The molecule has 16 N–H and O–H groups in total. The smallest absolute Gasteiger partial charge is 0.370 e. The van der Waals surface area contributed by atoms with Crippen molar-refractivity contribution in [2.75, 3.05) is 6.26 Å². The number of rotatable bonds is 6. The predicted octanol–water partition coefficient (Wildman–Crippen LogP) is 3.80. The van der Waals surface area contributed by atoms with Gasteiger partial charge in [0.1, 0.15) is 0 Å². The van der Waals surface area contributed by atoms with Crippen LogP contribution in [0.3, 0.4) is 0 Å². The molecule has 0 fully saturated rings. The van der Waals surface area contributed by atoms with Gasteiger partial charge in [0, 0.05) is 18.1 Å². The van der Waals surface area contributed by atoms with Crippen molar-refractivity contribution in [2.24, 2.45) is 43.5 Å². The molecule has 4 amide bonds. The highest BCUT2D eigenvalue weighted by molar-refractivity contribution is 7.90. The summed E-state index contributed by atoms with van der Waals surface area (Å²) >= 11 is 0. The topological polar surface area (TPSA) is 413 Å². The van der Waals surface area contributed by atoms with E-state index in [0.717, 1.165) is 28.5 Å². The number of amides is 4. The second-order valence-corrected chi connectivity index (χ2v) is 20.0. The zero-order valence-electron chi connectivity index (χ0n) is 38.6. The first-order valence-corrected chi connectivity index (χ1v) is 26.0. The van der Waals surface area contributed by atoms with E-state index in [4.69, 9.17) is 26.5 Å². The Morgan fingerprint density at radius 1 is 0.392 bits per heavy atom. The molecule has 74 heavy (non-hydrogen) atoms. The minimum Gasteiger partial charge on any atom is -0.370 e. The molecule has 30 heteroatoms. The maximum absolute atomic E-state index is 11.1. The fourth-order valence-corrected chi connectivity index (χ4v) is 5.19. The Balaban J connectivity index is 0. The SMILES string of the molecule is CC(N)=O.CS(N)(=O)=O.NC(=O)C(F)(F)F.NC(=O)c1ccc(-c2ccccc2)cc1.NC(=O)c1ccccc1.NS(=O)(=O)C(F)(F)F.NS(=O)(=O)c1ccc(-c2ccccc2)cc1.NS(=O)(=O)c1ccccc1. The van der Waals surface area contributed by atoms with Crippen LogP contribution in [-0.2, 0) is 49.7 Å². The molecule has 404 valence electrons. The molecule has 20 nitrogen and oxygen atoms in total. The third-order valence-corrected chi connectivity index (χ3v) is 9.80. The van der Waals surface area contributed by atoms with E-state index in [9.17, 15) is 74.4 Å². The summed E-state index contributed by atoms with van der Waals surface area (Å²) in [5.74, 6) is -3.36. The van der Waals surface area contributed by atoms with Crippen LogP contribution in [0, 0.1) is 0 Å². The lowest BCUT2D eigenvalue weighted by Gasteiger charge is -2.02. The number of alkyl halides is 6. The van der Waals surface area contributed by atoms with Gasteiger partial charge in [-0.05, 0) is 70.8 Å². The van der Waals surface area contributed by atoms with E-state index in [1.54, 1.807) is 66.7 Å². The second kappa shape index (κ2) is 31.8. The molecule has 0 aliphatic carbocycles. The minimum atomic E-state index is -5.34. The maximum atomic E-state index is 11.1. The summed E-state index contributed by atoms with van der Waals surface area (Å²) < 4.78 is 145. The molecule has 6 aromatic rings. The molecule has 0 atom stereocenters. The predicted molar refractivity (Wildman–Crippen MR) is 265 cm³/mol. The number of primary sulfonamides is 4. The molecule has 0 aliphatic rings. The zero-order valence-corrected chi connectivity index (χ0v) is 41.9.